The Morgan fingerprint density at radius 2 is 2.12 bits per heavy atom. The summed E-state index contributed by atoms with van der Waals surface area (Å²) in [6, 6.07) is 10.7. The molecule has 6 nitrogen and oxygen atoms in total. The summed E-state index contributed by atoms with van der Waals surface area (Å²) in [4.78, 5) is 31.3. The number of esters is 1. The number of hydrogen-bond donors (Lipinski definition) is 2. The van der Waals surface area contributed by atoms with Gasteiger partial charge in [0.1, 0.15) is 5.75 Å². The quantitative estimate of drug-likeness (QED) is 0.714. The van der Waals surface area contributed by atoms with Gasteiger partial charge in [-0.05, 0) is 36.8 Å². The summed E-state index contributed by atoms with van der Waals surface area (Å²) >= 11 is 0. The number of fused-ring (bicyclic) bond motifs is 1. The van der Waals surface area contributed by atoms with E-state index in [0.717, 1.165) is 16.5 Å². The van der Waals surface area contributed by atoms with Gasteiger partial charge < -0.3 is 14.8 Å². The molecule has 2 heterocycles. The van der Waals surface area contributed by atoms with Gasteiger partial charge in [-0.15, -0.1) is 0 Å². The van der Waals surface area contributed by atoms with Gasteiger partial charge in [0.15, 0.2) is 0 Å². The van der Waals surface area contributed by atoms with E-state index in [4.69, 9.17) is 4.74 Å². The lowest BCUT2D eigenvalue weighted by molar-refractivity contribution is -0.140. The van der Waals surface area contributed by atoms with E-state index in [1.807, 2.05) is 30.3 Å². The lowest BCUT2D eigenvalue weighted by atomic mass is 9.88. The molecule has 0 aliphatic carbocycles. The highest BCUT2D eigenvalue weighted by molar-refractivity contribution is 5.80. The number of nitrogens with zero attached hydrogens (tertiary/aromatic N) is 1. The van der Waals surface area contributed by atoms with Gasteiger partial charge in [0.2, 0.25) is 0 Å². The van der Waals surface area contributed by atoms with Crippen molar-refractivity contribution in [3.8, 4) is 5.75 Å². The molecule has 0 saturated heterocycles. The van der Waals surface area contributed by atoms with Crippen molar-refractivity contribution in [1.29, 1.82) is 0 Å². The second-order valence-electron chi connectivity index (χ2n) is 5.87. The van der Waals surface area contributed by atoms with Gasteiger partial charge in [0.05, 0.1) is 24.6 Å². The zero-order chi connectivity index (χ0) is 18.0. The number of carbonyl (C=O) groups is 1. The lowest BCUT2D eigenvalue weighted by Gasteiger charge is -2.18. The van der Waals surface area contributed by atoms with Crippen LogP contribution in [0.1, 0.15) is 29.2 Å². The molecule has 0 amide bonds. The summed E-state index contributed by atoms with van der Waals surface area (Å²) in [7, 11) is 1.29. The first-order valence-electron chi connectivity index (χ1n) is 7.84. The van der Waals surface area contributed by atoms with Crippen molar-refractivity contribution in [1.82, 2.24) is 9.97 Å². The van der Waals surface area contributed by atoms with Gasteiger partial charge >= 0.3 is 5.97 Å². The van der Waals surface area contributed by atoms with Crippen molar-refractivity contribution in [2.24, 2.45) is 0 Å². The molecule has 3 rings (SSSR count). The SMILES string of the molecule is COC(=O)C[C@H](c1ccc2ncccc2c1)c1c(O)cc(C)[nH]c1=O. The predicted molar refractivity (Wildman–Crippen MR) is 93.7 cm³/mol. The van der Waals surface area contributed by atoms with Gasteiger partial charge in [0.25, 0.3) is 5.56 Å². The maximum atomic E-state index is 12.4. The molecule has 1 atom stereocenters. The Hall–Kier alpha value is -3.15. The van der Waals surface area contributed by atoms with Crippen LogP contribution in [0.5, 0.6) is 5.75 Å². The minimum absolute atomic E-state index is 0.0536. The number of rotatable bonds is 4. The van der Waals surface area contributed by atoms with Crippen LogP contribution in [0.25, 0.3) is 10.9 Å². The summed E-state index contributed by atoms with van der Waals surface area (Å²) in [5.74, 6) is -1.22. The highest BCUT2D eigenvalue weighted by Crippen LogP contribution is 2.33. The minimum Gasteiger partial charge on any atom is -0.507 e. The summed E-state index contributed by atoms with van der Waals surface area (Å²) in [6.45, 7) is 1.68. The number of aromatic amines is 1. The minimum atomic E-state index is -0.624. The highest BCUT2D eigenvalue weighted by Gasteiger charge is 2.25. The molecule has 0 aliphatic heterocycles. The molecule has 25 heavy (non-hydrogen) atoms. The topological polar surface area (TPSA) is 92.3 Å². The molecule has 0 saturated carbocycles. The third-order valence-corrected chi connectivity index (χ3v) is 4.16. The fraction of sp³-hybridized carbons (Fsp3) is 0.211. The first-order valence-corrected chi connectivity index (χ1v) is 7.84. The summed E-state index contributed by atoms with van der Waals surface area (Å²) in [5.41, 5.74) is 1.82. The van der Waals surface area contributed by atoms with Gasteiger partial charge in [-0.1, -0.05) is 12.1 Å². The van der Waals surface area contributed by atoms with Crippen LogP contribution in [0, 0.1) is 6.92 Å². The number of aromatic hydroxyl groups is 1. The van der Waals surface area contributed by atoms with Crippen molar-refractivity contribution in [3.05, 3.63) is 69.8 Å². The van der Waals surface area contributed by atoms with Crippen LogP contribution < -0.4 is 5.56 Å². The van der Waals surface area contributed by atoms with E-state index in [9.17, 15) is 14.7 Å². The van der Waals surface area contributed by atoms with E-state index < -0.39 is 17.4 Å². The number of pyridine rings is 2. The molecule has 0 aliphatic rings. The maximum absolute atomic E-state index is 12.4. The van der Waals surface area contributed by atoms with Crippen LogP contribution in [0.15, 0.2) is 47.4 Å². The van der Waals surface area contributed by atoms with Crippen LogP contribution >= 0.6 is 0 Å². The Kier molecular flexibility index (Phi) is 4.52. The average molecular weight is 338 g/mol. The van der Waals surface area contributed by atoms with Crippen LogP contribution in [0.2, 0.25) is 0 Å². The Labute approximate surface area is 144 Å². The highest BCUT2D eigenvalue weighted by atomic mass is 16.5. The van der Waals surface area contributed by atoms with Crippen molar-refractivity contribution in [2.75, 3.05) is 7.11 Å². The second-order valence-corrected chi connectivity index (χ2v) is 5.87. The summed E-state index contributed by atoms with van der Waals surface area (Å²) in [6.07, 6.45) is 1.65. The first-order chi connectivity index (χ1) is 12.0. The van der Waals surface area contributed by atoms with Gasteiger partial charge in [-0.3, -0.25) is 14.6 Å². The number of carbonyl (C=O) groups excluding carboxylic acids is 1. The molecule has 3 aromatic rings. The molecule has 2 N–H and O–H groups in total. The third kappa shape index (κ3) is 3.38. The summed E-state index contributed by atoms with van der Waals surface area (Å²) in [5, 5.41) is 11.2. The first kappa shape index (κ1) is 16.7. The largest absolute Gasteiger partial charge is 0.507 e. The molecular weight excluding hydrogens is 320 g/mol. The zero-order valence-corrected chi connectivity index (χ0v) is 13.9. The number of benzene rings is 1. The Morgan fingerprint density at radius 3 is 2.84 bits per heavy atom. The molecule has 6 heteroatoms. The number of nitrogens with one attached hydrogen (secondary N) is 1. The molecule has 0 spiro atoms. The number of ether oxygens (including phenoxy) is 1. The molecule has 0 radical (unpaired) electrons. The number of aromatic nitrogens is 2. The predicted octanol–water partition coefficient (Wildman–Crippen LogP) is 2.63. The third-order valence-electron chi connectivity index (χ3n) is 4.16. The number of aryl methyl sites for hydroxylation is 1. The molecule has 0 fully saturated rings. The number of methoxy groups -OCH3 is 1. The Bertz CT molecular complexity index is 994. The fourth-order valence-electron chi connectivity index (χ4n) is 2.97. The van der Waals surface area contributed by atoms with E-state index in [2.05, 4.69) is 9.97 Å². The van der Waals surface area contributed by atoms with E-state index in [1.54, 1.807) is 13.1 Å². The van der Waals surface area contributed by atoms with Crippen LogP contribution in [-0.2, 0) is 9.53 Å². The van der Waals surface area contributed by atoms with Crippen molar-refractivity contribution in [3.63, 3.8) is 0 Å². The van der Waals surface area contributed by atoms with Crippen molar-refractivity contribution < 1.29 is 14.6 Å². The maximum Gasteiger partial charge on any atom is 0.306 e. The van der Waals surface area contributed by atoms with Crippen LogP contribution in [0.4, 0.5) is 0 Å². The number of hydrogen-bond acceptors (Lipinski definition) is 5. The van der Waals surface area contributed by atoms with E-state index >= 15 is 0 Å². The molecule has 0 unspecified atom stereocenters. The Morgan fingerprint density at radius 1 is 1.32 bits per heavy atom. The van der Waals surface area contributed by atoms with E-state index in [-0.39, 0.29) is 17.7 Å². The standard InChI is InChI=1S/C19H18N2O4/c1-11-8-16(22)18(19(24)21-11)14(10-17(23)25-2)12-5-6-15-13(9-12)4-3-7-20-15/h3-9,14H,10H2,1-2H3,(H2,21,22,24)/t14-/m1/s1. The molecule has 128 valence electrons. The second kappa shape index (κ2) is 6.76. The Balaban J connectivity index is 2.17. The molecule has 2 aromatic heterocycles. The zero-order valence-electron chi connectivity index (χ0n) is 13.9. The molecule has 1 aromatic carbocycles. The molecular formula is C19H18N2O4. The summed E-state index contributed by atoms with van der Waals surface area (Å²) < 4.78 is 4.77. The monoisotopic (exact) mass is 338 g/mol. The van der Waals surface area contributed by atoms with Crippen LogP contribution in [-0.4, -0.2) is 28.2 Å². The van der Waals surface area contributed by atoms with E-state index in [0.29, 0.717) is 5.69 Å². The number of H-pyrrole nitrogens is 1. The average Bonchev–Trinajstić information content (AvgIpc) is 2.59. The van der Waals surface area contributed by atoms with Crippen molar-refractivity contribution >= 4 is 16.9 Å². The normalized spacial score (nSPS) is 12.1. The smallest absolute Gasteiger partial charge is 0.306 e. The van der Waals surface area contributed by atoms with Crippen LogP contribution in [0.3, 0.4) is 0 Å². The van der Waals surface area contributed by atoms with Gasteiger partial charge in [0, 0.05) is 23.2 Å². The molecule has 0 bridgehead atoms. The fourth-order valence-corrected chi connectivity index (χ4v) is 2.97. The van der Waals surface area contributed by atoms with Gasteiger partial charge in [-0.2, -0.15) is 0 Å². The lowest BCUT2D eigenvalue weighted by Crippen LogP contribution is -2.20. The van der Waals surface area contributed by atoms with E-state index in [1.165, 1.54) is 13.2 Å². The van der Waals surface area contributed by atoms with Gasteiger partial charge in [-0.25, -0.2) is 0 Å². The van der Waals surface area contributed by atoms with Crippen molar-refractivity contribution in [2.45, 2.75) is 19.3 Å².